The summed E-state index contributed by atoms with van der Waals surface area (Å²) in [6.07, 6.45) is 0. The van der Waals surface area contributed by atoms with Gasteiger partial charge in [-0.2, -0.15) is 0 Å². The van der Waals surface area contributed by atoms with Gasteiger partial charge in [-0.3, -0.25) is 0 Å². The fraction of sp³-hybridized carbons (Fsp3) is 0.0508. The molecular weight excluding hydrogens is 829 g/mol. The normalized spacial score (nSPS) is 12.5. The highest BCUT2D eigenvalue weighted by atomic mass is 32.2. The van der Waals surface area contributed by atoms with Crippen LogP contribution in [-0.2, 0) is 0 Å². The lowest BCUT2D eigenvalue weighted by Gasteiger charge is -2.28. The van der Waals surface area contributed by atoms with E-state index in [9.17, 15) is 0 Å². The number of fused-ring (bicyclic) bond motifs is 10. The molecule has 0 saturated heterocycles. The van der Waals surface area contributed by atoms with Crippen molar-refractivity contribution in [2.75, 3.05) is 9.80 Å². The molecule has 0 amide bonds. The monoisotopic (exact) mass is 870 g/mol. The van der Waals surface area contributed by atoms with Crippen molar-refractivity contribution in [3.63, 3.8) is 0 Å². The number of anilines is 6. The van der Waals surface area contributed by atoms with Crippen LogP contribution in [0.2, 0.25) is 19.6 Å². The number of para-hydroxylation sites is 4. The molecule has 3 heterocycles. The molecule has 4 nitrogen and oxygen atoms in total. The van der Waals surface area contributed by atoms with Crippen molar-refractivity contribution >= 4 is 125 Å². The number of benzene rings is 10. The second kappa shape index (κ2) is 14.5. The first kappa shape index (κ1) is 38.0. The third-order valence-corrected chi connectivity index (χ3v) is 16.3. The quantitative estimate of drug-likeness (QED) is 0.118. The third kappa shape index (κ3) is 6.12. The van der Waals surface area contributed by atoms with Crippen LogP contribution in [-0.4, -0.2) is 8.07 Å². The van der Waals surface area contributed by atoms with Gasteiger partial charge in [0.25, 0.3) is 0 Å². The smallest absolute Gasteiger partial charge is 0.159 e. The number of hydrogen-bond acceptors (Lipinski definition) is 5. The predicted octanol–water partition coefficient (Wildman–Crippen LogP) is 17.4. The minimum atomic E-state index is -1.52. The summed E-state index contributed by atoms with van der Waals surface area (Å²) in [6, 6.07) is 72.6. The molecule has 0 unspecified atom stereocenters. The Kier molecular flexibility index (Phi) is 8.48. The Labute approximate surface area is 382 Å². The van der Waals surface area contributed by atoms with E-state index in [1.54, 1.807) is 0 Å². The van der Waals surface area contributed by atoms with Crippen molar-refractivity contribution in [2.24, 2.45) is 0 Å². The molecule has 1 aliphatic rings. The van der Waals surface area contributed by atoms with Gasteiger partial charge in [-0.15, -0.1) is 0 Å². The molecule has 65 heavy (non-hydrogen) atoms. The van der Waals surface area contributed by atoms with Crippen LogP contribution < -0.4 is 15.0 Å². The van der Waals surface area contributed by atoms with Crippen LogP contribution in [0.3, 0.4) is 0 Å². The Hall–Kier alpha value is -7.51. The topological polar surface area (TPSA) is 32.8 Å². The molecule has 6 heteroatoms. The summed E-state index contributed by atoms with van der Waals surface area (Å²) in [5.74, 6) is 0. The van der Waals surface area contributed by atoms with Crippen molar-refractivity contribution < 1.29 is 8.83 Å². The molecule has 0 spiro atoms. The van der Waals surface area contributed by atoms with E-state index in [1.165, 1.54) is 47.6 Å². The summed E-state index contributed by atoms with van der Waals surface area (Å²) in [6.45, 7) is 7.21. The first-order valence-electron chi connectivity index (χ1n) is 22.2. The average Bonchev–Trinajstić information content (AvgIpc) is 3.91. The van der Waals surface area contributed by atoms with E-state index in [-0.39, 0.29) is 0 Å². The van der Waals surface area contributed by atoms with E-state index in [1.807, 2.05) is 30.0 Å². The first-order valence-corrected chi connectivity index (χ1v) is 26.5. The minimum absolute atomic E-state index is 0.877. The van der Waals surface area contributed by atoms with Crippen LogP contribution in [0.5, 0.6) is 0 Å². The van der Waals surface area contributed by atoms with Gasteiger partial charge < -0.3 is 18.6 Å². The van der Waals surface area contributed by atoms with Gasteiger partial charge in [0.2, 0.25) is 0 Å². The van der Waals surface area contributed by atoms with Crippen molar-refractivity contribution in [1.82, 2.24) is 0 Å². The summed E-state index contributed by atoms with van der Waals surface area (Å²) < 4.78 is 13.1. The molecule has 1 aliphatic heterocycles. The van der Waals surface area contributed by atoms with Crippen LogP contribution in [0.1, 0.15) is 0 Å². The van der Waals surface area contributed by atoms with Gasteiger partial charge in [0.15, 0.2) is 5.58 Å². The molecule has 2 aromatic heterocycles. The first-order chi connectivity index (χ1) is 31.8. The van der Waals surface area contributed by atoms with Crippen LogP contribution >= 0.6 is 11.8 Å². The van der Waals surface area contributed by atoms with Crippen molar-refractivity contribution in [1.29, 1.82) is 0 Å². The maximum atomic E-state index is 6.69. The number of hydrogen-bond donors (Lipinski definition) is 0. The Morgan fingerprint density at radius 3 is 1.82 bits per heavy atom. The molecule has 12 aromatic rings. The summed E-state index contributed by atoms with van der Waals surface area (Å²) >= 11 is 1.86. The van der Waals surface area contributed by atoms with E-state index in [2.05, 4.69) is 211 Å². The lowest BCUT2D eigenvalue weighted by atomic mass is 9.92. The van der Waals surface area contributed by atoms with Crippen LogP contribution in [0.25, 0.3) is 76.5 Å². The van der Waals surface area contributed by atoms with E-state index in [0.29, 0.717) is 0 Å². The fourth-order valence-electron chi connectivity index (χ4n) is 10.0. The van der Waals surface area contributed by atoms with Crippen LogP contribution in [0.4, 0.5) is 34.1 Å². The van der Waals surface area contributed by atoms with Gasteiger partial charge in [0.1, 0.15) is 16.7 Å². The SMILES string of the molecule is C[Si](C)(C)c1ccc(N(c2ccc3cc4c5c(cccc5c3c2)Sc2cc(N(c3ccccc3)c3ccc5c(c3)oc3ccccc35)ccc2-4)c2cccc3c2oc2ccccc23)cc1. The van der Waals surface area contributed by atoms with E-state index < -0.39 is 8.07 Å². The Morgan fingerprint density at radius 2 is 1.00 bits per heavy atom. The summed E-state index contributed by atoms with van der Waals surface area (Å²) in [5.41, 5.74) is 12.5. The maximum absolute atomic E-state index is 6.69. The second-order valence-electron chi connectivity index (χ2n) is 18.1. The zero-order valence-electron chi connectivity index (χ0n) is 36.2. The highest BCUT2D eigenvalue weighted by molar-refractivity contribution is 7.99. The van der Waals surface area contributed by atoms with Crippen molar-refractivity contribution in [3.8, 4) is 11.1 Å². The maximum Gasteiger partial charge on any atom is 0.159 e. The van der Waals surface area contributed by atoms with Gasteiger partial charge in [-0.05, 0) is 118 Å². The van der Waals surface area contributed by atoms with Gasteiger partial charge in [0.05, 0.1) is 13.8 Å². The van der Waals surface area contributed by atoms with Crippen LogP contribution in [0, 0.1) is 0 Å². The molecular formula is C59H42N2O2SSi. The van der Waals surface area contributed by atoms with E-state index in [0.717, 1.165) is 78.0 Å². The summed E-state index contributed by atoms with van der Waals surface area (Å²) in [5, 5.41) is 10.9. The van der Waals surface area contributed by atoms with Gasteiger partial charge >= 0.3 is 0 Å². The average molecular weight is 871 g/mol. The lowest BCUT2D eigenvalue weighted by Crippen LogP contribution is -2.37. The van der Waals surface area contributed by atoms with Gasteiger partial charge in [-0.25, -0.2) is 0 Å². The predicted molar refractivity (Wildman–Crippen MR) is 278 cm³/mol. The zero-order valence-corrected chi connectivity index (χ0v) is 38.0. The third-order valence-electron chi connectivity index (χ3n) is 13.2. The Bertz CT molecular complexity index is 3870. The molecule has 0 fully saturated rings. The van der Waals surface area contributed by atoms with Gasteiger partial charge in [-0.1, -0.05) is 140 Å². The largest absolute Gasteiger partial charge is 0.456 e. The summed E-state index contributed by atoms with van der Waals surface area (Å²) in [7, 11) is -1.52. The molecule has 310 valence electrons. The molecule has 0 atom stereocenters. The molecule has 0 bridgehead atoms. The number of rotatable bonds is 7. The molecule has 10 aromatic carbocycles. The standard InChI is InChI=1S/C59H42N2O2SSi/c1-65(2,3)43-29-25-39(26-30-43)61(52-19-11-18-49-45-16-8-10-21-54(45)63-59(49)52)40-24-23-37-33-51-47-32-28-42(36-57(47)64-56-22-12-17-48(58(51)56)50(37)34-40)60(38-13-5-4-6-14-38)41-27-31-46-44-15-7-9-20-53(44)62-55(46)35-41/h4-36H,1-3H3. The number of furan rings is 2. The Morgan fingerprint density at radius 1 is 0.385 bits per heavy atom. The minimum Gasteiger partial charge on any atom is -0.456 e. The van der Waals surface area contributed by atoms with Crippen LogP contribution in [0.15, 0.2) is 219 Å². The van der Waals surface area contributed by atoms with E-state index >= 15 is 0 Å². The van der Waals surface area contributed by atoms with E-state index in [4.69, 9.17) is 8.83 Å². The lowest BCUT2D eigenvalue weighted by molar-refractivity contribution is 0.668. The highest BCUT2D eigenvalue weighted by Crippen LogP contribution is 2.52. The molecule has 0 N–H and O–H groups in total. The second-order valence-corrected chi connectivity index (χ2v) is 24.3. The molecule has 0 saturated carbocycles. The fourth-order valence-corrected chi connectivity index (χ4v) is 12.3. The van der Waals surface area contributed by atoms with Crippen molar-refractivity contribution in [2.45, 2.75) is 29.4 Å². The Balaban J connectivity index is 0.951. The molecule has 13 rings (SSSR count). The highest BCUT2D eigenvalue weighted by Gasteiger charge is 2.26. The zero-order chi connectivity index (χ0) is 43.4. The number of nitrogens with zero attached hydrogens (tertiary/aromatic N) is 2. The molecule has 0 radical (unpaired) electrons. The molecule has 0 aliphatic carbocycles. The van der Waals surface area contributed by atoms with Gasteiger partial charge in [0, 0.05) is 71.2 Å². The summed E-state index contributed by atoms with van der Waals surface area (Å²) in [4.78, 5) is 7.21. The van der Waals surface area contributed by atoms with Crippen molar-refractivity contribution in [3.05, 3.63) is 200 Å².